The number of fused-ring (bicyclic) bond motifs is 1. The molecule has 2 unspecified atom stereocenters. The first-order valence-electron chi connectivity index (χ1n) is 10.0. The van der Waals surface area contributed by atoms with Gasteiger partial charge in [-0.15, -0.1) is 0 Å². The van der Waals surface area contributed by atoms with E-state index in [1.54, 1.807) is 11.0 Å². The summed E-state index contributed by atoms with van der Waals surface area (Å²) in [5, 5.41) is 10.3. The molecule has 1 fully saturated rings. The van der Waals surface area contributed by atoms with E-state index in [2.05, 4.69) is 0 Å². The minimum Gasteiger partial charge on any atom is -0.391 e. The van der Waals surface area contributed by atoms with Crippen LogP contribution in [0, 0.1) is 19.7 Å². The molecule has 30 heavy (non-hydrogen) atoms. The van der Waals surface area contributed by atoms with Gasteiger partial charge in [-0.25, -0.2) is 4.39 Å². The van der Waals surface area contributed by atoms with Crippen molar-refractivity contribution in [3.8, 4) is 0 Å². The maximum Gasteiger partial charge on any atom is 0.254 e. The zero-order chi connectivity index (χ0) is 21.6. The quantitative estimate of drug-likeness (QED) is 0.806. The molecule has 2 heterocycles. The van der Waals surface area contributed by atoms with Crippen molar-refractivity contribution in [1.29, 1.82) is 0 Å². The summed E-state index contributed by atoms with van der Waals surface area (Å²) in [6.45, 7) is 5.19. The second kappa shape index (κ2) is 7.81. The van der Waals surface area contributed by atoms with E-state index in [1.165, 1.54) is 6.07 Å². The normalized spacial score (nSPS) is 21.1. The number of halogens is 1. The summed E-state index contributed by atoms with van der Waals surface area (Å²) in [4.78, 5) is 26.1. The third-order valence-electron chi connectivity index (χ3n) is 6.37. The Kier molecular flexibility index (Phi) is 5.34. The molecule has 0 aliphatic carbocycles. The number of hydrogen-bond donors (Lipinski definition) is 2. The number of aliphatic hydroxyl groups is 1. The fourth-order valence-corrected chi connectivity index (χ4v) is 4.34. The zero-order valence-corrected chi connectivity index (χ0v) is 17.1. The van der Waals surface area contributed by atoms with E-state index in [9.17, 15) is 19.1 Å². The number of benzene rings is 2. The molecule has 6 nitrogen and oxygen atoms in total. The first-order chi connectivity index (χ1) is 14.3. The second-order valence-corrected chi connectivity index (χ2v) is 8.09. The lowest BCUT2D eigenvalue weighted by molar-refractivity contribution is -0.0528. The standard InChI is InChI=1S/C23H25FN2O4/c1-12-13(2)18-10-26(20-11-30-6-5-21(20)27)23(29)17(18)8-16(12)7-14-3-4-15(22(25)28)9-19(14)24/h3-4,8-9,20-21,27H,5-7,10-11H2,1-2H3,(H2,25,28). The lowest BCUT2D eigenvalue weighted by atomic mass is 9.91. The number of carbonyl (C=O) groups excluding carboxylic acids is 2. The molecule has 2 aliphatic heterocycles. The first kappa shape index (κ1) is 20.5. The van der Waals surface area contributed by atoms with Crippen LogP contribution in [0.1, 0.15) is 55.0 Å². The Hall–Kier alpha value is -2.77. The Morgan fingerprint density at radius 3 is 2.70 bits per heavy atom. The van der Waals surface area contributed by atoms with Crippen LogP contribution in [0.5, 0.6) is 0 Å². The number of primary amides is 1. The molecule has 158 valence electrons. The Morgan fingerprint density at radius 1 is 1.27 bits per heavy atom. The summed E-state index contributed by atoms with van der Waals surface area (Å²) in [7, 11) is 0. The molecule has 2 aromatic rings. The van der Waals surface area contributed by atoms with Crippen LogP contribution in [0.2, 0.25) is 0 Å². The summed E-state index contributed by atoms with van der Waals surface area (Å²) < 4.78 is 20.0. The monoisotopic (exact) mass is 412 g/mol. The van der Waals surface area contributed by atoms with E-state index < -0.39 is 17.8 Å². The third kappa shape index (κ3) is 3.48. The summed E-state index contributed by atoms with van der Waals surface area (Å²) in [5.41, 5.74) is 10.2. The lowest BCUT2D eigenvalue weighted by Crippen LogP contribution is -2.49. The van der Waals surface area contributed by atoms with Gasteiger partial charge in [0.25, 0.3) is 5.91 Å². The van der Waals surface area contributed by atoms with Crippen LogP contribution in [-0.4, -0.2) is 47.2 Å². The highest BCUT2D eigenvalue weighted by molar-refractivity contribution is 5.99. The van der Waals surface area contributed by atoms with Gasteiger partial charge in [-0.2, -0.15) is 0 Å². The van der Waals surface area contributed by atoms with Crippen LogP contribution in [0.25, 0.3) is 0 Å². The highest BCUT2D eigenvalue weighted by Gasteiger charge is 2.39. The molecule has 2 aromatic carbocycles. The number of carbonyl (C=O) groups is 2. The van der Waals surface area contributed by atoms with Crippen LogP contribution in [0.3, 0.4) is 0 Å². The lowest BCUT2D eigenvalue weighted by Gasteiger charge is -2.34. The molecule has 3 N–H and O–H groups in total. The minimum atomic E-state index is -0.676. The molecule has 0 radical (unpaired) electrons. The van der Waals surface area contributed by atoms with Crippen molar-refractivity contribution in [1.82, 2.24) is 4.90 Å². The van der Waals surface area contributed by atoms with Gasteiger partial charge in [-0.1, -0.05) is 6.07 Å². The van der Waals surface area contributed by atoms with Crippen LogP contribution in [0.15, 0.2) is 24.3 Å². The number of nitrogens with two attached hydrogens (primary N) is 1. The SMILES string of the molecule is Cc1c(Cc2ccc(C(N)=O)cc2F)cc2c(c1C)CN(C1COCCC1O)C2=O. The van der Waals surface area contributed by atoms with Gasteiger partial charge < -0.3 is 20.5 Å². The second-order valence-electron chi connectivity index (χ2n) is 8.09. The topological polar surface area (TPSA) is 92.9 Å². The van der Waals surface area contributed by atoms with Crippen LogP contribution >= 0.6 is 0 Å². The number of nitrogens with zero attached hydrogens (tertiary/aromatic N) is 1. The van der Waals surface area contributed by atoms with Gasteiger partial charge >= 0.3 is 0 Å². The number of aliphatic hydroxyl groups excluding tert-OH is 1. The van der Waals surface area contributed by atoms with E-state index in [4.69, 9.17) is 10.5 Å². The van der Waals surface area contributed by atoms with Crippen molar-refractivity contribution in [2.45, 2.75) is 45.4 Å². The molecule has 2 amide bonds. The molecule has 0 spiro atoms. The highest BCUT2D eigenvalue weighted by atomic mass is 19.1. The fraction of sp³-hybridized carbons (Fsp3) is 0.391. The van der Waals surface area contributed by atoms with Gasteiger partial charge in [-0.3, -0.25) is 9.59 Å². The van der Waals surface area contributed by atoms with Crippen molar-refractivity contribution in [3.05, 3.63) is 69.0 Å². The zero-order valence-electron chi connectivity index (χ0n) is 17.1. The van der Waals surface area contributed by atoms with Crippen molar-refractivity contribution in [3.63, 3.8) is 0 Å². The van der Waals surface area contributed by atoms with Gasteiger partial charge in [0.05, 0.1) is 18.8 Å². The molecule has 0 saturated carbocycles. The maximum atomic E-state index is 14.5. The van der Waals surface area contributed by atoms with Crippen molar-refractivity contribution >= 4 is 11.8 Å². The molecule has 1 saturated heterocycles. The molecular formula is C23H25FN2O4. The number of amides is 2. The molecular weight excluding hydrogens is 387 g/mol. The first-order valence-corrected chi connectivity index (χ1v) is 10.0. The molecule has 4 rings (SSSR count). The van der Waals surface area contributed by atoms with Gasteiger partial charge in [-0.05, 0) is 66.3 Å². The Labute approximate surface area is 174 Å². The van der Waals surface area contributed by atoms with Crippen molar-refractivity contribution in [2.75, 3.05) is 13.2 Å². The van der Waals surface area contributed by atoms with E-state index in [0.29, 0.717) is 43.7 Å². The maximum absolute atomic E-state index is 14.5. The van der Waals surface area contributed by atoms with E-state index in [-0.39, 0.29) is 17.5 Å². The number of rotatable bonds is 4. The van der Waals surface area contributed by atoms with E-state index in [1.807, 2.05) is 19.9 Å². The van der Waals surface area contributed by atoms with Crippen LogP contribution < -0.4 is 5.73 Å². The Bertz CT molecular complexity index is 1040. The summed E-state index contributed by atoms with van der Waals surface area (Å²) in [6.07, 6.45) is 0.206. The average Bonchev–Trinajstić information content (AvgIpc) is 3.04. The molecule has 2 atom stereocenters. The minimum absolute atomic E-state index is 0.122. The molecule has 2 aliphatic rings. The Morgan fingerprint density at radius 2 is 2.03 bits per heavy atom. The van der Waals surface area contributed by atoms with E-state index in [0.717, 1.165) is 28.3 Å². The van der Waals surface area contributed by atoms with Crippen LogP contribution in [-0.2, 0) is 17.7 Å². The van der Waals surface area contributed by atoms with Crippen molar-refractivity contribution < 1.29 is 23.8 Å². The van der Waals surface area contributed by atoms with E-state index >= 15 is 0 Å². The summed E-state index contributed by atoms with van der Waals surface area (Å²) in [5.74, 6) is -1.31. The van der Waals surface area contributed by atoms with Gasteiger partial charge in [0.15, 0.2) is 0 Å². The largest absolute Gasteiger partial charge is 0.391 e. The highest BCUT2D eigenvalue weighted by Crippen LogP contribution is 2.34. The van der Waals surface area contributed by atoms with Gasteiger partial charge in [0, 0.05) is 30.7 Å². The molecule has 0 aromatic heterocycles. The number of ether oxygens (including phenoxy) is 1. The predicted molar refractivity (Wildman–Crippen MR) is 109 cm³/mol. The predicted octanol–water partition coefficient (Wildman–Crippen LogP) is 2.24. The smallest absolute Gasteiger partial charge is 0.254 e. The van der Waals surface area contributed by atoms with Gasteiger partial charge in [0.1, 0.15) is 5.82 Å². The molecule has 0 bridgehead atoms. The molecule has 7 heteroatoms. The number of hydrogen-bond acceptors (Lipinski definition) is 4. The Balaban J connectivity index is 1.65. The summed E-state index contributed by atoms with van der Waals surface area (Å²) in [6, 6.07) is 5.68. The van der Waals surface area contributed by atoms with Crippen molar-refractivity contribution in [2.24, 2.45) is 5.73 Å². The van der Waals surface area contributed by atoms with Crippen LogP contribution in [0.4, 0.5) is 4.39 Å². The third-order valence-corrected chi connectivity index (χ3v) is 6.37. The van der Waals surface area contributed by atoms with Gasteiger partial charge in [0.2, 0.25) is 5.91 Å². The average molecular weight is 412 g/mol. The fourth-order valence-electron chi connectivity index (χ4n) is 4.34. The summed E-state index contributed by atoms with van der Waals surface area (Å²) >= 11 is 0.